The zero-order chi connectivity index (χ0) is 13.9. The molecule has 0 aliphatic carbocycles. The van der Waals surface area contributed by atoms with Gasteiger partial charge in [-0.2, -0.15) is 4.98 Å². The SMILES string of the molecule is CNCc1coc(Oc2ccc(S(C)(=O)=O)cc2)n1. The number of sulfone groups is 1. The third-order valence-electron chi connectivity index (χ3n) is 2.35. The lowest BCUT2D eigenvalue weighted by Gasteiger charge is -2.02. The van der Waals surface area contributed by atoms with Crippen LogP contribution in [0.5, 0.6) is 11.8 Å². The Labute approximate surface area is 111 Å². The maximum Gasteiger partial charge on any atom is 0.399 e. The fourth-order valence-corrected chi connectivity index (χ4v) is 2.08. The molecule has 1 aromatic carbocycles. The van der Waals surface area contributed by atoms with Gasteiger partial charge in [-0.3, -0.25) is 0 Å². The van der Waals surface area contributed by atoms with Crippen LogP contribution in [0.2, 0.25) is 0 Å². The third-order valence-corrected chi connectivity index (χ3v) is 3.47. The first kappa shape index (κ1) is 13.6. The minimum Gasteiger partial charge on any atom is -0.417 e. The van der Waals surface area contributed by atoms with E-state index in [1.54, 1.807) is 19.2 Å². The van der Waals surface area contributed by atoms with E-state index in [2.05, 4.69) is 10.3 Å². The standard InChI is InChI=1S/C12H14N2O4S/c1-13-7-9-8-17-12(14-9)18-10-3-5-11(6-4-10)19(2,15)16/h3-6,8,13H,7H2,1-2H3. The van der Waals surface area contributed by atoms with Crippen molar-refractivity contribution in [2.45, 2.75) is 11.4 Å². The van der Waals surface area contributed by atoms with Crippen molar-refractivity contribution in [1.82, 2.24) is 10.3 Å². The van der Waals surface area contributed by atoms with Gasteiger partial charge >= 0.3 is 6.08 Å². The minimum atomic E-state index is -3.20. The molecule has 2 aromatic rings. The second-order valence-electron chi connectivity index (χ2n) is 3.98. The summed E-state index contributed by atoms with van der Waals surface area (Å²) in [5.41, 5.74) is 0.727. The molecule has 102 valence electrons. The quantitative estimate of drug-likeness (QED) is 0.897. The zero-order valence-electron chi connectivity index (χ0n) is 10.6. The Hall–Kier alpha value is -1.86. The molecule has 1 N–H and O–H groups in total. The van der Waals surface area contributed by atoms with Crippen LogP contribution in [-0.4, -0.2) is 26.7 Å². The Morgan fingerprint density at radius 2 is 2.00 bits per heavy atom. The summed E-state index contributed by atoms with van der Waals surface area (Å²) in [6.07, 6.45) is 2.77. The van der Waals surface area contributed by atoms with E-state index in [0.717, 1.165) is 11.9 Å². The molecule has 0 unspecified atom stereocenters. The third kappa shape index (κ3) is 3.55. The summed E-state index contributed by atoms with van der Waals surface area (Å²) in [6, 6.07) is 6.06. The van der Waals surface area contributed by atoms with Crippen LogP contribution in [0, 0.1) is 0 Å². The number of nitrogens with zero attached hydrogens (tertiary/aromatic N) is 1. The second-order valence-corrected chi connectivity index (χ2v) is 6.00. The van der Waals surface area contributed by atoms with Crippen LogP contribution in [0.25, 0.3) is 0 Å². The maximum atomic E-state index is 11.3. The minimum absolute atomic E-state index is 0.123. The van der Waals surface area contributed by atoms with Gasteiger partial charge in [-0.15, -0.1) is 0 Å². The zero-order valence-corrected chi connectivity index (χ0v) is 11.4. The largest absolute Gasteiger partial charge is 0.417 e. The molecule has 1 aromatic heterocycles. The van der Waals surface area contributed by atoms with E-state index in [9.17, 15) is 8.42 Å². The number of aromatic nitrogens is 1. The van der Waals surface area contributed by atoms with Crippen LogP contribution >= 0.6 is 0 Å². The summed E-state index contributed by atoms with van der Waals surface area (Å²) in [5.74, 6) is 0.463. The smallest absolute Gasteiger partial charge is 0.399 e. The summed E-state index contributed by atoms with van der Waals surface area (Å²) in [6.45, 7) is 0.583. The van der Waals surface area contributed by atoms with Crippen molar-refractivity contribution < 1.29 is 17.6 Å². The predicted octanol–water partition coefficient (Wildman–Crippen LogP) is 1.59. The molecule has 0 aliphatic heterocycles. The van der Waals surface area contributed by atoms with Crippen LogP contribution in [0.3, 0.4) is 0 Å². The highest BCUT2D eigenvalue weighted by molar-refractivity contribution is 7.90. The average Bonchev–Trinajstić information content (AvgIpc) is 2.77. The predicted molar refractivity (Wildman–Crippen MR) is 68.9 cm³/mol. The summed E-state index contributed by atoms with van der Waals surface area (Å²) >= 11 is 0. The molecule has 1 heterocycles. The highest BCUT2D eigenvalue weighted by Crippen LogP contribution is 2.22. The lowest BCUT2D eigenvalue weighted by atomic mass is 10.3. The molecule has 19 heavy (non-hydrogen) atoms. The molecule has 0 saturated heterocycles. The Balaban J connectivity index is 2.10. The molecular weight excluding hydrogens is 268 g/mol. The Morgan fingerprint density at radius 1 is 1.32 bits per heavy atom. The van der Waals surface area contributed by atoms with E-state index in [-0.39, 0.29) is 11.0 Å². The first-order valence-corrected chi connectivity index (χ1v) is 7.45. The van der Waals surface area contributed by atoms with Crippen LogP contribution in [0.15, 0.2) is 39.8 Å². The highest BCUT2D eigenvalue weighted by Gasteiger charge is 2.09. The number of benzene rings is 1. The van der Waals surface area contributed by atoms with E-state index in [0.29, 0.717) is 12.3 Å². The van der Waals surface area contributed by atoms with Gasteiger partial charge in [0.1, 0.15) is 12.0 Å². The Bertz CT molecular complexity index is 647. The van der Waals surface area contributed by atoms with Crippen molar-refractivity contribution in [2.75, 3.05) is 13.3 Å². The monoisotopic (exact) mass is 282 g/mol. The molecule has 0 aliphatic rings. The number of rotatable bonds is 5. The van der Waals surface area contributed by atoms with Gasteiger partial charge in [-0.05, 0) is 31.3 Å². The Kier molecular flexibility index (Phi) is 3.87. The van der Waals surface area contributed by atoms with Crippen molar-refractivity contribution in [3.8, 4) is 11.8 Å². The number of oxazole rings is 1. The number of hydrogen-bond acceptors (Lipinski definition) is 6. The molecular formula is C12H14N2O4S. The average molecular weight is 282 g/mol. The van der Waals surface area contributed by atoms with Crippen LogP contribution in [-0.2, 0) is 16.4 Å². The highest BCUT2D eigenvalue weighted by atomic mass is 32.2. The van der Waals surface area contributed by atoms with Gasteiger partial charge in [0.25, 0.3) is 0 Å². The fourth-order valence-electron chi connectivity index (χ4n) is 1.45. The molecule has 2 rings (SSSR count). The number of hydrogen-bond donors (Lipinski definition) is 1. The molecule has 7 heteroatoms. The normalized spacial score (nSPS) is 11.5. The summed E-state index contributed by atoms with van der Waals surface area (Å²) < 4.78 is 33.1. The van der Waals surface area contributed by atoms with Gasteiger partial charge in [0.05, 0.1) is 10.6 Å². The van der Waals surface area contributed by atoms with Crippen LogP contribution in [0.1, 0.15) is 5.69 Å². The lowest BCUT2D eigenvalue weighted by molar-refractivity contribution is 0.330. The first-order chi connectivity index (χ1) is 8.99. The van der Waals surface area contributed by atoms with Crippen LogP contribution in [0.4, 0.5) is 0 Å². The molecule has 0 radical (unpaired) electrons. The van der Waals surface area contributed by atoms with E-state index < -0.39 is 9.84 Å². The van der Waals surface area contributed by atoms with Gasteiger partial charge in [-0.1, -0.05) is 0 Å². The van der Waals surface area contributed by atoms with Crippen LogP contribution < -0.4 is 10.1 Å². The Morgan fingerprint density at radius 3 is 2.58 bits per heavy atom. The van der Waals surface area contributed by atoms with Crippen molar-refractivity contribution in [1.29, 1.82) is 0 Å². The lowest BCUT2D eigenvalue weighted by Crippen LogP contribution is -2.04. The molecule has 0 fully saturated rings. The number of nitrogens with one attached hydrogen (secondary N) is 1. The molecule has 0 bridgehead atoms. The van der Waals surface area contributed by atoms with Gasteiger partial charge in [-0.25, -0.2) is 8.42 Å². The van der Waals surface area contributed by atoms with E-state index in [1.165, 1.54) is 18.4 Å². The molecule has 6 nitrogen and oxygen atoms in total. The van der Waals surface area contributed by atoms with Gasteiger partial charge in [0.15, 0.2) is 9.84 Å². The molecule has 0 saturated carbocycles. The fraction of sp³-hybridized carbons (Fsp3) is 0.250. The second kappa shape index (κ2) is 5.41. The summed E-state index contributed by atoms with van der Waals surface area (Å²) in [5, 5.41) is 2.94. The van der Waals surface area contributed by atoms with Gasteiger partial charge in [0.2, 0.25) is 0 Å². The number of ether oxygens (including phenoxy) is 1. The van der Waals surface area contributed by atoms with E-state index >= 15 is 0 Å². The van der Waals surface area contributed by atoms with Crippen molar-refractivity contribution in [2.24, 2.45) is 0 Å². The van der Waals surface area contributed by atoms with E-state index in [1.807, 2.05) is 0 Å². The van der Waals surface area contributed by atoms with E-state index in [4.69, 9.17) is 9.15 Å². The summed E-state index contributed by atoms with van der Waals surface area (Å²) in [7, 11) is -1.39. The molecule has 0 atom stereocenters. The van der Waals surface area contributed by atoms with Crippen molar-refractivity contribution >= 4 is 9.84 Å². The van der Waals surface area contributed by atoms with Gasteiger partial charge < -0.3 is 14.5 Å². The summed E-state index contributed by atoms with van der Waals surface area (Å²) in [4.78, 5) is 4.34. The molecule has 0 spiro atoms. The van der Waals surface area contributed by atoms with Crippen molar-refractivity contribution in [3.05, 3.63) is 36.2 Å². The first-order valence-electron chi connectivity index (χ1n) is 5.56. The topological polar surface area (TPSA) is 81.4 Å². The van der Waals surface area contributed by atoms with Gasteiger partial charge in [0, 0.05) is 12.8 Å². The molecule has 0 amide bonds. The van der Waals surface area contributed by atoms with Crippen molar-refractivity contribution in [3.63, 3.8) is 0 Å². The maximum absolute atomic E-state index is 11.3.